The SMILES string of the molecule is CCC1OCc2ccc(Oc3ccc(N4CN[C@](C)(CC)C4)cn3)cc21. The van der Waals surface area contributed by atoms with Crippen LogP contribution in [0.3, 0.4) is 0 Å². The van der Waals surface area contributed by atoms with E-state index in [1.165, 1.54) is 11.1 Å². The quantitative estimate of drug-likeness (QED) is 0.864. The second-order valence-corrected chi connectivity index (χ2v) is 7.47. The molecule has 0 spiro atoms. The van der Waals surface area contributed by atoms with Crippen LogP contribution in [0, 0.1) is 0 Å². The van der Waals surface area contributed by atoms with Crippen molar-refractivity contribution < 1.29 is 9.47 Å². The van der Waals surface area contributed by atoms with Gasteiger partial charge in [0.05, 0.1) is 31.3 Å². The molecule has 2 atom stereocenters. The zero-order chi connectivity index (χ0) is 18.1. The lowest BCUT2D eigenvalue weighted by Crippen LogP contribution is -2.38. The van der Waals surface area contributed by atoms with Crippen molar-refractivity contribution in [1.82, 2.24) is 10.3 Å². The van der Waals surface area contributed by atoms with Crippen molar-refractivity contribution in [2.24, 2.45) is 0 Å². The zero-order valence-corrected chi connectivity index (χ0v) is 15.8. The van der Waals surface area contributed by atoms with E-state index in [0.29, 0.717) is 12.5 Å². The van der Waals surface area contributed by atoms with Gasteiger partial charge < -0.3 is 14.4 Å². The lowest BCUT2D eigenvalue weighted by atomic mass is 10.0. The average Bonchev–Trinajstić information content (AvgIpc) is 3.26. The van der Waals surface area contributed by atoms with Crippen LogP contribution in [0.15, 0.2) is 36.5 Å². The van der Waals surface area contributed by atoms with Crippen molar-refractivity contribution in [3.63, 3.8) is 0 Å². The molecule has 1 unspecified atom stereocenters. The number of hydrogen-bond acceptors (Lipinski definition) is 5. The van der Waals surface area contributed by atoms with Gasteiger partial charge in [-0.15, -0.1) is 0 Å². The van der Waals surface area contributed by atoms with Crippen LogP contribution >= 0.6 is 0 Å². The van der Waals surface area contributed by atoms with Gasteiger partial charge in [0.1, 0.15) is 5.75 Å². The van der Waals surface area contributed by atoms with Gasteiger partial charge in [-0.25, -0.2) is 4.98 Å². The van der Waals surface area contributed by atoms with Gasteiger partial charge in [-0.05, 0) is 49.1 Å². The topological polar surface area (TPSA) is 46.6 Å². The van der Waals surface area contributed by atoms with Crippen LogP contribution in [0.2, 0.25) is 0 Å². The maximum Gasteiger partial charge on any atom is 0.219 e. The molecule has 0 saturated carbocycles. The third-order valence-corrected chi connectivity index (χ3v) is 5.60. The lowest BCUT2D eigenvalue weighted by Gasteiger charge is -2.22. The smallest absolute Gasteiger partial charge is 0.219 e. The van der Waals surface area contributed by atoms with Gasteiger partial charge >= 0.3 is 0 Å². The summed E-state index contributed by atoms with van der Waals surface area (Å²) in [5.74, 6) is 1.43. The molecule has 2 aliphatic heterocycles. The van der Waals surface area contributed by atoms with Crippen LogP contribution in [0.4, 0.5) is 5.69 Å². The summed E-state index contributed by atoms with van der Waals surface area (Å²) in [6, 6.07) is 10.2. The van der Waals surface area contributed by atoms with Crippen LogP contribution in [0.1, 0.15) is 50.8 Å². The Morgan fingerprint density at radius 2 is 2.19 bits per heavy atom. The fourth-order valence-electron chi connectivity index (χ4n) is 3.66. The molecule has 1 saturated heterocycles. The van der Waals surface area contributed by atoms with Crippen LogP contribution in [0.25, 0.3) is 0 Å². The number of benzene rings is 1. The summed E-state index contributed by atoms with van der Waals surface area (Å²) in [6.07, 6.45) is 4.16. The Morgan fingerprint density at radius 1 is 1.31 bits per heavy atom. The number of anilines is 1. The Bertz CT molecular complexity index is 777. The van der Waals surface area contributed by atoms with Crippen molar-refractivity contribution in [2.75, 3.05) is 18.1 Å². The lowest BCUT2D eigenvalue weighted by molar-refractivity contribution is 0.0636. The third-order valence-electron chi connectivity index (χ3n) is 5.60. The maximum atomic E-state index is 5.98. The Morgan fingerprint density at radius 3 is 2.88 bits per heavy atom. The number of pyridine rings is 1. The molecule has 4 rings (SSSR count). The van der Waals surface area contributed by atoms with E-state index in [1.54, 1.807) is 0 Å². The molecule has 1 N–H and O–H groups in total. The Hall–Kier alpha value is -2.11. The first-order chi connectivity index (χ1) is 12.6. The molecule has 0 amide bonds. The Kier molecular flexibility index (Phi) is 4.59. The van der Waals surface area contributed by atoms with Crippen molar-refractivity contribution in [3.8, 4) is 11.6 Å². The largest absolute Gasteiger partial charge is 0.439 e. The molecule has 1 fully saturated rings. The summed E-state index contributed by atoms with van der Waals surface area (Å²) >= 11 is 0. The molecular formula is C21H27N3O2. The molecule has 26 heavy (non-hydrogen) atoms. The normalized spacial score (nSPS) is 24.7. The summed E-state index contributed by atoms with van der Waals surface area (Å²) in [5.41, 5.74) is 3.80. The molecule has 5 nitrogen and oxygen atoms in total. The maximum absolute atomic E-state index is 5.98. The summed E-state index contributed by atoms with van der Waals surface area (Å²) in [5, 5.41) is 3.57. The van der Waals surface area contributed by atoms with E-state index < -0.39 is 0 Å². The number of nitrogens with zero attached hydrogens (tertiary/aromatic N) is 2. The second kappa shape index (κ2) is 6.89. The molecule has 3 heterocycles. The number of ether oxygens (including phenoxy) is 2. The van der Waals surface area contributed by atoms with Crippen LogP contribution in [-0.4, -0.2) is 23.7 Å². The fraction of sp³-hybridized carbons (Fsp3) is 0.476. The summed E-state index contributed by atoms with van der Waals surface area (Å²) in [4.78, 5) is 6.82. The minimum absolute atomic E-state index is 0.178. The van der Waals surface area contributed by atoms with Gasteiger partial charge in [0.2, 0.25) is 5.88 Å². The van der Waals surface area contributed by atoms with E-state index in [4.69, 9.17) is 9.47 Å². The van der Waals surface area contributed by atoms with Crippen molar-refractivity contribution >= 4 is 5.69 Å². The monoisotopic (exact) mass is 353 g/mol. The van der Waals surface area contributed by atoms with Gasteiger partial charge in [0.25, 0.3) is 0 Å². The highest BCUT2D eigenvalue weighted by atomic mass is 16.5. The van der Waals surface area contributed by atoms with Gasteiger partial charge in [-0.3, -0.25) is 5.32 Å². The third kappa shape index (κ3) is 3.29. The highest BCUT2D eigenvalue weighted by molar-refractivity contribution is 5.48. The highest BCUT2D eigenvalue weighted by Gasteiger charge is 2.31. The number of rotatable bonds is 5. The summed E-state index contributed by atoms with van der Waals surface area (Å²) in [7, 11) is 0. The predicted octanol–water partition coefficient (Wildman–Crippen LogP) is 4.39. The van der Waals surface area contributed by atoms with E-state index >= 15 is 0 Å². The molecule has 0 aliphatic carbocycles. The van der Waals surface area contributed by atoms with Crippen LogP contribution in [0.5, 0.6) is 11.6 Å². The molecule has 2 aliphatic rings. The zero-order valence-electron chi connectivity index (χ0n) is 15.8. The van der Waals surface area contributed by atoms with E-state index in [9.17, 15) is 0 Å². The number of fused-ring (bicyclic) bond motifs is 1. The van der Waals surface area contributed by atoms with E-state index in [0.717, 1.165) is 37.5 Å². The molecule has 5 heteroatoms. The summed E-state index contributed by atoms with van der Waals surface area (Å²) < 4.78 is 11.8. The molecular weight excluding hydrogens is 326 g/mol. The van der Waals surface area contributed by atoms with Crippen LogP contribution in [-0.2, 0) is 11.3 Å². The Balaban J connectivity index is 1.45. The fourth-order valence-corrected chi connectivity index (χ4v) is 3.66. The van der Waals surface area contributed by atoms with Crippen LogP contribution < -0.4 is 15.0 Å². The standard InChI is InChI=1S/C21H27N3O2/c1-4-19-18-10-17(8-6-15(18)12-25-19)26-20-9-7-16(11-22-20)24-13-21(3,5-2)23-14-24/h6-11,19,23H,4-5,12-14H2,1-3H3/t19?,21-/m1/s1. The first-order valence-electron chi connectivity index (χ1n) is 9.48. The number of nitrogens with one attached hydrogen (secondary N) is 1. The van der Waals surface area contributed by atoms with Crippen molar-refractivity contribution in [3.05, 3.63) is 47.7 Å². The number of aromatic nitrogens is 1. The van der Waals surface area contributed by atoms with Gasteiger partial charge in [0.15, 0.2) is 0 Å². The molecule has 1 aromatic heterocycles. The number of hydrogen-bond donors (Lipinski definition) is 1. The second-order valence-electron chi connectivity index (χ2n) is 7.47. The minimum Gasteiger partial charge on any atom is -0.439 e. The first-order valence-corrected chi connectivity index (χ1v) is 9.48. The van der Waals surface area contributed by atoms with E-state index in [1.807, 2.05) is 18.3 Å². The molecule has 0 bridgehead atoms. The first kappa shape index (κ1) is 17.3. The average molecular weight is 353 g/mol. The van der Waals surface area contributed by atoms with Crippen molar-refractivity contribution in [2.45, 2.75) is 51.9 Å². The molecule has 0 radical (unpaired) electrons. The Labute approximate surface area is 155 Å². The molecule has 138 valence electrons. The highest BCUT2D eigenvalue weighted by Crippen LogP contribution is 2.36. The van der Waals surface area contributed by atoms with Gasteiger partial charge in [0, 0.05) is 18.2 Å². The van der Waals surface area contributed by atoms with Gasteiger partial charge in [-0.1, -0.05) is 19.9 Å². The van der Waals surface area contributed by atoms with Gasteiger partial charge in [-0.2, -0.15) is 0 Å². The minimum atomic E-state index is 0.178. The van der Waals surface area contributed by atoms with E-state index in [2.05, 4.69) is 54.2 Å². The van der Waals surface area contributed by atoms with Crippen molar-refractivity contribution in [1.29, 1.82) is 0 Å². The van der Waals surface area contributed by atoms with E-state index in [-0.39, 0.29) is 11.6 Å². The predicted molar refractivity (Wildman–Crippen MR) is 103 cm³/mol. The molecule has 1 aromatic carbocycles. The molecule has 2 aromatic rings. The summed E-state index contributed by atoms with van der Waals surface area (Å²) in [6.45, 7) is 9.17.